The molecule has 0 aliphatic carbocycles. The summed E-state index contributed by atoms with van der Waals surface area (Å²) in [5.74, 6) is 0. The molecule has 2 aromatic rings. The average Bonchev–Trinajstić information content (AvgIpc) is 2.33. The van der Waals surface area contributed by atoms with Crippen LogP contribution in [0.1, 0.15) is 0 Å². The zero-order valence-corrected chi connectivity index (χ0v) is 10.5. The number of fused-ring (bicyclic) bond motifs is 1. The highest BCUT2D eigenvalue weighted by molar-refractivity contribution is 14.1. The summed E-state index contributed by atoms with van der Waals surface area (Å²) < 4.78 is 2.46. The van der Waals surface area contributed by atoms with Gasteiger partial charge in [-0.3, -0.25) is 0 Å². The van der Waals surface area contributed by atoms with E-state index < -0.39 is 0 Å². The molecule has 0 fully saturated rings. The van der Waals surface area contributed by atoms with Crippen LogP contribution < -0.4 is 0 Å². The molecule has 0 saturated heterocycles. The number of benzene rings is 1. The lowest BCUT2D eigenvalue weighted by Gasteiger charge is -1.96. The maximum atomic E-state index is 5.99. The highest BCUT2D eigenvalue weighted by atomic mass is 127. The molecule has 1 aromatic heterocycles. The summed E-state index contributed by atoms with van der Waals surface area (Å²) in [6, 6.07) is 4.04. The second kappa shape index (κ2) is 3.36. The molecule has 0 unspecified atom stereocenters. The Balaban J connectivity index is 2.92. The number of thiophene rings is 1. The van der Waals surface area contributed by atoms with Gasteiger partial charge in [-0.2, -0.15) is 0 Å². The summed E-state index contributed by atoms with van der Waals surface area (Å²) in [6.07, 6.45) is 0. The molecule has 1 aromatic carbocycles. The van der Waals surface area contributed by atoms with Crippen LogP contribution in [0.4, 0.5) is 0 Å². The summed E-state index contributed by atoms with van der Waals surface area (Å²) in [6.45, 7) is 0. The summed E-state index contributed by atoms with van der Waals surface area (Å²) in [4.78, 5) is 0.965. The predicted molar refractivity (Wildman–Crippen MR) is 66.8 cm³/mol. The van der Waals surface area contributed by atoms with Gasteiger partial charge in [0.25, 0.3) is 0 Å². The summed E-state index contributed by atoms with van der Waals surface area (Å²) >= 11 is 14.3. The van der Waals surface area contributed by atoms with Crippen LogP contribution in [0.15, 0.2) is 22.4 Å². The van der Waals surface area contributed by atoms with E-state index in [0.29, 0.717) is 0 Å². The van der Waals surface area contributed by atoms with Crippen LogP contribution in [0.2, 0.25) is 5.02 Å². The Morgan fingerprint density at radius 2 is 2.17 bits per heavy atom. The van der Waals surface area contributed by atoms with Crippen molar-refractivity contribution in [3.8, 4) is 0 Å². The third-order valence-corrected chi connectivity index (χ3v) is 4.51. The monoisotopic (exact) mass is 326 g/mol. The van der Waals surface area contributed by atoms with E-state index in [-0.39, 0.29) is 0 Å². The van der Waals surface area contributed by atoms with E-state index in [1.807, 2.05) is 17.5 Å². The molecule has 0 nitrogen and oxygen atoms in total. The van der Waals surface area contributed by atoms with Gasteiger partial charge in [0.15, 0.2) is 0 Å². The van der Waals surface area contributed by atoms with Gasteiger partial charge >= 0.3 is 0 Å². The third-order valence-electron chi connectivity index (χ3n) is 1.57. The van der Waals surface area contributed by atoms with E-state index in [1.165, 1.54) is 8.27 Å². The van der Waals surface area contributed by atoms with Gasteiger partial charge in [-0.15, -0.1) is 24.0 Å². The molecule has 12 heavy (non-hydrogen) atoms. The third kappa shape index (κ3) is 1.47. The minimum Gasteiger partial charge on any atom is -0.143 e. The van der Waals surface area contributed by atoms with Crippen LogP contribution in [0, 0.1) is 3.57 Å². The van der Waals surface area contributed by atoms with Crippen molar-refractivity contribution in [3.63, 3.8) is 0 Å². The summed E-state index contributed by atoms with van der Waals surface area (Å²) in [5.41, 5.74) is 0. The molecule has 2 rings (SSSR count). The maximum Gasteiger partial charge on any atom is 0.0592 e. The number of halogens is 2. The first-order valence-electron chi connectivity index (χ1n) is 3.23. The Kier molecular flexibility index (Phi) is 2.56. The number of rotatable bonds is 0. The lowest BCUT2D eigenvalue weighted by atomic mass is 10.3. The van der Waals surface area contributed by atoms with Crippen LogP contribution in [0.5, 0.6) is 0 Å². The first-order chi connectivity index (χ1) is 5.68. The average molecular weight is 327 g/mol. The lowest BCUT2D eigenvalue weighted by molar-refractivity contribution is 1.51. The minimum atomic E-state index is 0.823. The van der Waals surface area contributed by atoms with Gasteiger partial charge < -0.3 is 0 Å². The Morgan fingerprint density at radius 3 is 2.92 bits per heavy atom. The Hall–Kier alpha value is 0.550. The van der Waals surface area contributed by atoms with Gasteiger partial charge in [0.1, 0.15) is 0 Å². The van der Waals surface area contributed by atoms with Gasteiger partial charge in [0, 0.05) is 23.9 Å². The molecule has 0 radical (unpaired) electrons. The molecule has 0 amide bonds. The zero-order valence-electron chi connectivity index (χ0n) is 5.84. The van der Waals surface area contributed by atoms with Crippen molar-refractivity contribution in [3.05, 3.63) is 26.1 Å². The van der Waals surface area contributed by atoms with E-state index in [1.54, 1.807) is 11.3 Å². The first kappa shape index (κ1) is 9.12. The highest BCUT2D eigenvalue weighted by Gasteiger charge is 2.05. The molecule has 0 atom stereocenters. The highest BCUT2D eigenvalue weighted by Crippen LogP contribution is 2.34. The van der Waals surface area contributed by atoms with Crippen molar-refractivity contribution in [1.82, 2.24) is 0 Å². The van der Waals surface area contributed by atoms with E-state index in [4.69, 9.17) is 11.6 Å². The topological polar surface area (TPSA) is 0 Å². The van der Waals surface area contributed by atoms with Crippen LogP contribution in [-0.2, 0) is 0 Å². The largest absolute Gasteiger partial charge is 0.143 e. The molecular weight excluding hydrogens is 323 g/mol. The first-order valence-corrected chi connectivity index (χ1v) is 6.02. The van der Waals surface area contributed by atoms with Gasteiger partial charge in [-0.1, -0.05) is 11.6 Å². The van der Waals surface area contributed by atoms with Gasteiger partial charge in [0.2, 0.25) is 0 Å². The minimum absolute atomic E-state index is 0.823. The molecule has 1 heterocycles. The van der Waals surface area contributed by atoms with Crippen LogP contribution in [0.25, 0.3) is 10.1 Å². The van der Waals surface area contributed by atoms with Crippen molar-refractivity contribution in [1.29, 1.82) is 0 Å². The Morgan fingerprint density at radius 1 is 1.42 bits per heavy atom. The van der Waals surface area contributed by atoms with Crippen molar-refractivity contribution in [2.45, 2.75) is 4.90 Å². The fourth-order valence-electron chi connectivity index (χ4n) is 1.05. The number of hydrogen-bond donors (Lipinski definition) is 1. The Labute approximate surface area is 98.5 Å². The smallest absolute Gasteiger partial charge is 0.0592 e. The van der Waals surface area contributed by atoms with E-state index in [9.17, 15) is 0 Å². The van der Waals surface area contributed by atoms with Crippen molar-refractivity contribution in [2.75, 3.05) is 0 Å². The van der Waals surface area contributed by atoms with Gasteiger partial charge in [-0.25, -0.2) is 0 Å². The fourth-order valence-corrected chi connectivity index (χ4v) is 3.72. The molecule has 0 aliphatic heterocycles. The summed E-state index contributed by atoms with van der Waals surface area (Å²) in [5, 5.41) is 3.89. The maximum absolute atomic E-state index is 5.99. The second-order valence-corrected chi connectivity index (χ2v) is 5.35. The molecule has 0 bridgehead atoms. The molecule has 0 saturated carbocycles. The quantitative estimate of drug-likeness (QED) is 0.537. The fraction of sp³-hybridized carbons (Fsp3) is 0. The van der Waals surface area contributed by atoms with Crippen molar-refractivity contribution >= 4 is 68.2 Å². The zero-order chi connectivity index (χ0) is 8.72. The van der Waals surface area contributed by atoms with E-state index in [2.05, 4.69) is 35.2 Å². The SMILES string of the molecule is Sc1cc(I)c2scc(Cl)c2c1. The molecule has 0 N–H and O–H groups in total. The van der Waals surface area contributed by atoms with Gasteiger partial charge in [0.05, 0.1) is 5.02 Å². The molecular formula is C8H4ClIS2. The van der Waals surface area contributed by atoms with E-state index >= 15 is 0 Å². The Bertz CT molecular complexity index is 436. The van der Waals surface area contributed by atoms with Gasteiger partial charge in [-0.05, 0) is 34.7 Å². The summed E-state index contributed by atoms with van der Waals surface area (Å²) in [7, 11) is 0. The second-order valence-electron chi connectivity index (χ2n) is 2.39. The molecule has 0 spiro atoms. The van der Waals surface area contributed by atoms with Crippen LogP contribution in [-0.4, -0.2) is 0 Å². The van der Waals surface area contributed by atoms with Crippen LogP contribution >= 0.6 is 58.2 Å². The standard InChI is InChI=1S/C8H4ClIS2/c9-6-3-12-8-5(6)1-4(11)2-7(8)10/h1-3,11H. The number of thiol groups is 1. The molecule has 62 valence electrons. The van der Waals surface area contributed by atoms with Crippen molar-refractivity contribution in [2.24, 2.45) is 0 Å². The number of hydrogen-bond acceptors (Lipinski definition) is 2. The normalized spacial score (nSPS) is 10.9. The van der Waals surface area contributed by atoms with E-state index in [0.717, 1.165) is 15.3 Å². The predicted octanol–water partition coefficient (Wildman–Crippen LogP) is 4.45. The van der Waals surface area contributed by atoms with Crippen LogP contribution in [0.3, 0.4) is 0 Å². The lowest BCUT2D eigenvalue weighted by Crippen LogP contribution is -1.72. The van der Waals surface area contributed by atoms with Crippen molar-refractivity contribution < 1.29 is 0 Å². The molecule has 4 heteroatoms. The molecule has 0 aliphatic rings.